The molecule has 1 rings (SSSR count). The Bertz CT molecular complexity index is 374. The molecule has 1 aromatic rings. The first kappa shape index (κ1) is 12.5. The van der Waals surface area contributed by atoms with Crippen molar-refractivity contribution in [3.8, 4) is 5.75 Å². The summed E-state index contributed by atoms with van der Waals surface area (Å²) in [7, 11) is 0. The molecule has 1 atom stereocenters. The quantitative estimate of drug-likeness (QED) is 0.601. The number of aliphatic hydroxyl groups is 2. The van der Waals surface area contributed by atoms with Crippen molar-refractivity contribution in [1.82, 2.24) is 0 Å². The van der Waals surface area contributed by atoms with Gasteiger partial charge in [-0.1, -0.05) is 0 Å². The van der Waals surface area contributed by atoms with Gasteiger partial charge in [-0.05, 0) is 24.6 Å². The van der Waals surface area contributed by atoms with Gasteiger partial charge in [0.1, 0.15) is 5.75 Å². The van der Waals surface area contributed by atoms with E-state index < -0.39 is 25.1 Å². The molecule has 0 spiro atoms. The van der Waals surface area contributed by atoms with Crippen molar-refractivity contribution < 1.29 is 25.2 Å². The van der Waals surface area contributed by atoms with Crippen molar-refractivity contribution in [1.29, 1.82) is 0 Å². The second kappa shape index (κ2) is 4.96. The molecule has 0 aromatic heterocycles. The Labute approximate surface area is 92.6 Å². The van der Waals surface area contributed by atoms with Gasteiger partial charge in [-0.3, -0.25) is 4.79 Å². The number of hydrogen-bond donors (Lipinski definition) is 4. The summed E-state index contributed by atoms with van der Waals surface area (Å²) in [5.41, 5.74) is 0.878. The minimum Gasteiger partial charge on any atom is -0.507 e. The Morgan fingerprint density at radius 3 is 2.00 bits per heavy atom. The maximum Gasteiger partial charge on any atom is 0.310 e. The summed E-state index contributed by atoms with van der Waals surface area (Å²) in [6.45, 7) is 0.690. The fourth-order valence-electron chi connectivity index (χ4n) is 1.42. The molecular weight excluding hydrogens is 212 g/mol. The van der Waals surface area contributed by atoms with Crippen LogP contribution in [0.25, 0.3) is 0 Å². The summed E-state index contributed by atoms with van der Waals surface area (Å²) in [6, 6.07) is 2.85. The van der Waals surface area contributed by atoms with E-state index in [-0.39, 0.29) is 16.9 Å². The Hall–Kier alpha value is -1.59. The van der Waals surface area contributed by atoms with Crippen LogP contribution in [0.1, 0.15) is 29.5 Å². The first-order valence-corrected chi connectivity index (χ1v) is 4.80. The monoisotopic (exact) mass is 226 g/mol. The van der Waals surface area contributed by atoms with Gasteiger partial charge in [-0.2, -0.15) is 0 Å². The smallest absolute Gasteiger partial charge is 0.310 e. The van der Waals surface area contributed by atoms with Gasteiger partial charge >= 0.3 is 5.97 Å². The lowest BCUT2D eigenvalue weighted by Crippen LogP contribution is -2.08. The summed E-state index contributed by atoms with van der Waals surface area (Å²) in [4.78, 5) is 10.8. The molecule has 0 aliphatic heterocycles. The van der Waals surface area contributed by atoms with Gasteiger partial charge in [0.15, 0.2) is 0 Å². The van der Waals surface area contributed by atoms with Crippen LogP contribution in [-0.4, -0.2) is 26.4 Å². The van der Waals surface area contributed by atoms with E-state index in [0.29, 0.717) is 5.56 Å². The predicted octanol–water partition coefficient (Wildman–Crippen LogP) is 0.565. The molecule has 1 unspecified atom stereocenters. The fourth-order valence-corrected chi connectivity index (χ4v) is 1.42. The minimum atomic E-state index is -1.00. The van der Waals surface area contributed by atoms with E-state index in [2.05, 4.69) is 0 Å². The normalized spacial score (nSPS) is 12.4. The van der Waals surface area contributed by atoms with Crippen LogP contribution < -0.4 is 0 Å². The van der Waals surface area contributed by atoms with Gasteiger partial charge in [0, 0.05) is 11.1 Å². The number of aliphatic carboxylic acids is 1. The van der Waals surface area contributed by atoms with Crippen molar-refractivity contribution in [2.24, 2.45) is 0 Å². The minimum absolute atomic E-state index is 0.189. The molecule has 0 heterocycles. The van der Waals surface area contributed by atoms with Crippen LogP contribution in [0.4, 0.5) is 0 Å². The highest BCUT2D eigenvalue weighted by Crippen LogP contribution is 2.28. The van der Waals surface area contributed by atoms with Gasteiger partial charge in [-0.15, -0.1) is 0 Å². The van der Waals surface area contributed by atoms with Crippen molar-refractivity contribution >= 4 is 5.97 Å². The number of phenols is 1. The standard InChI is InChI=1S/C11H14O5/c1-6(11(15)16)7-2-8(4-12)10(14)9(3-7)5-13/h2-3,6,12-14H,4-5H2,1H3,(H,15,16). The number of aliphatic hydroxyl groups excluding tert-OH is 2. The summed E-state index contributed by atoms with van der Waals surface area (Å²) >= 11 is 0. The third-order valence-corrected chi connectivity index (χ3v) is 2.50. The molecule has 5 nitrogen and oxygen atoms in total. The number of benzene rings is 1. The first-order chi connectivity index (χ1) is 7.51. The summed E-state index contributed by atoms with van der Waals surface area (Å²) in [5, 5.41) is 36.4. The van der Waals surface area contributed by atoms with Crippen LogP contribution in [0.3, 0.4) is 0 Å². The highest BCUT2D eigenvalue weighted by atomic mass is 16.4. The lowest BCUT2D eigenvalue weighted by molar-refractivity contribution is -0.138. The van der Waals surface area contributed by atoms with E-state index in [9.17, 15) is 9.90 Å². The molecule has 0 bridgehead atoms. The maximum atomic E-state index is 10.8. The van der Waals surface area contributed by atoms with Crippen molar-refractivity contribution in [2.45, 2.75) is 26.1 Å². The zero-order valence-electron chi connectivity index (χ0n) is 8.84. The third kappa shape index (κ3) is 2.32. The topological polar surface area (TPSA) is 98.0 Å². The molecular formula is C11H14O5. The van der Waals surface area contributed by atoms with Crippen LogP contribution in [-0.2, 0) is 18.0 Å². The van der Waals surface area contributed by atoms with Crippen molar-refractivity contribution in [3.63, 3.8) is 0 Å². The van der Waals surface area contributed by atoms with Crippen LogP contribution in [0, 0.1) is 0 Å². The van der Waals surface area contributed by atoms with Crippen LogP contribution >= 0.6 is 0 Å². The zero-order chi connectivity index (χ0) is 12.3. The van der Waals surface area contributed by atoms with E-state index in [1.54, 1.807) is 0 Å². The number of carboxylic acid groups (broad SMARTS) is 1. The SMILES string of the molecule is CC(C(=O)O)c1cc(CO)c(O)c(CO)c1. The Balaban J connectivity index is 3.26. The number of aromatic hydroxyl groups is 1. The molecule has 0 saturated carbocycles. The van der Waals surface area contributed by atoms with Crippen LogP contribution in [0.2, 0.25) is 0 Å². The van der Waals surface area contributed by atoms with Gasteiger partial charge in [0.05, 0.1) is 19.1 Å². The molecule has 0 fully saturated rings. The Morgan fingerprint density at radius 1 is 1.25 bits per heavy atom. The molecule has 0 aliphatic rings. The third-order valence-electron chi connectivity index (χ3n) is 2.50. The average Bonchev–Trinajstić information content (AvgIpc) is 2.28. The highest BCUT2D eigenvalue weighted by Gasteiger charge is 2.17. The molecule has 5 heteroatoms. The van der Waals surface area contributed by atoms with E-state index in [1.807, 2.05) is 0 Å². The van der Waals surface area contributed by atoms with Gasteiger partial charge < -0.3 is 20.4 Å². The fraction of sp³-hybridized carbons (Fsp3) is 0.364. The van der Waals surface area contributed by atoms with Gasteiger partial charge in [-0.25, -0.2) is 0 Å². The molecule has 0 radical (unpaired) electrons. The second-order valence-corrected chi connectivity index (χ2v) is 3.56. The molecule has 0 amide bonds. The molecule has 0 saturated heterocycles. The number of carbonyl (C=O) groups is 1. The summed E-state index contributed by atoms with van der Waals surface area (Å²) in [6.07, 6.45) is 0. The van der Waals surface area contributed by atoms with Crippen molar-refractivity contribution in [2.75, 3.05) is 0 Å². The van der Waals surface area contributed by atoms with E-state index in [4.69, 9.17) is 15.3 Å². The van der Waals surface area contributed by atoms with Crippen LogP contribution in [0.15, 0.2) is 12.1 Å². The van der Waals surface area contributed by atoms with E-state index in [1.165, 1.54) is 19.1 Å². The predicted molar refractivity (Wildman–Crippen MR) is 56.0 cm³/mol. The number of rotatable bonds is 4. The Kier molecular flexibility index (Phi) is 3.87. The van der Waals surface area contributed by atoms with Gasteiger partial charge in [0.2, 0.25) is 0 Å². The molecule has 1 aromatic carbocycles. The number of hydrogen-bond acceptors (Lipinski definition) is 4. The molecule has 16 heavy (non-hydrogen) atoms. The highest BCUT2D eigenvalue weighted by molar-refractivity contribution is 5.76. The van der Waals surface area contributed by atoms with Crippen molar-refractivity contribution in [3.05, 3.63) is 28.8 Å². The van der Waals surface area contributed by atoms with E-state index in [0.717, 1.165) is 0 Å². The maximum absolute atomic E-state index is 10.8. The lowest BCUT2D eigenvalue weighted by atomic mass is 9.96. The summed E-state index contributed by atoms with van der Waals surface area (Å²) in [5.74, 6) is -1.94. The zero-order valence-corrected chi connectivity index (χ0v) is 8.84. The average molecular weight is 226 g/mol. The lowest BCUT2D eigenvalue weighted by Gasteiger charge is -2.12. The Morgan fingerprint density at radius 2 is 1.69 bits per heavy atom. The van der Waals surface area contributed by atoms with Crippen LogP contribution in [0.5, 0.6) is 5.75 Å². The molecule has 4 N–H and O–H groups in total. The van der Waals surface area contributed by atoms with E-state index >= 15 is 0 Å². The van der Waals surface area contributed by atoms with Gasteiger partial charge in [0.25, 0.3) is 0 Å². The first-order valence-electron chi connectivity index (χ1n) is 4.80. The largest absolute Gasteiger partial charge is 0.507 e. The number of carboxylic acids is 1. The molecule has 88 valence electrons. The second-order valence-electron chi connectivity index (χ2n) is 3.56. The summed E-state index contributed by atoms with van der Waals surface area (Å²) < 4.78 is 0. The molecule has 0 aliphatic carbocycles.